The van der Waals surface area contributed by atoms with Gasteiger partial charge in [0.25, 0.3) is 0 Å². The van der Waals surface area contributed by atoms with Crippen molar-refractivity contribution in [3.8, 4) is 0 Å². The van der Waals surface area contributed by atoms with E-state index in [1.807, 2.05) is 7.05 Å². The minimum absolute atomic E-state index is 0.347. The summed E-state index contributed by atoms with van der Waals surface area (Å²) >= 11 is 0. The van der Waals surface area contributed by atoms with Crippen LogP contribution in [0.3, 0.4) is 0 Å². The Morgan fingerprint density at radius 3 is 2.59 bits per heavy atom. The third-order valence-corrected chi connectivity index (χ3v) is 3.33. The van der Waals surface area contributed by atoms with E-state index in [-0.39, 0.29) is 11.8 Å². The predicted octanol–water partition coefficient (Wildman–Crippen LogP) is 0.0652. The maximum atomic E-state index is 11.6. The van der Waals surface area contributed by atoms with Crippen molar-refractivity contribution in [3.05, 3.63) is 0 Å². The van der Waals surface area contributed by atoms with Gasteiger partial charge in [-0.25, -0.2) is 0 Å². The smallest absolute Gasteiger partial charge is 0.312 e. The molecule has 2 amide bonds. The number of carbonyl (C=O) groups excluding carboxylic acids is 2. The highest BCUT2D eigenvalue weighted by Gasteiger charge is 2.29. The van der Waals surface area contributed by atoms with Crippen LogP contribution in [0, 0.1) is 0 Å². The maximum absolute atomic E-state index is 11.6. The first-order valence-corrected chi connectivity index (χ1v) is 6.28. The summed E-state index contributed by atoms with van der Waals surface area (Å²) in [5.74, 6) is -0.722. The monoisotopic (exact) mass is 241 g/mol. The van der Waals surface area contributed by atoms with Crippen LogP contribution in [0.25, 0.3) is 0 Å². The van der Waals surface area contributed by atoms with Gasteiger partial charge in [0, 0.05) is 32.7 Å². The Bertz CT molecular complexity index is 281. The molecule has 0 bridgehead atoms. The summed E-state index contributed by atoms with van der Waals surface area (Å²) in [5.41, 5.74) is 0. The first-order valence-electron chi connectivity index (χ1n) is 6.28. The first-order chi connectivity index (χ1) is 8.06. The number of unbranched alkanes of at least 4 members (excludes halogenated alkanes) is 1. The minimum atomic E-state index is -0.375. The number of nitrogens with one attached hydrogen (secondary N) is 1. The average molecular weight is 241 g/mol. The Morgan fingerprint density at radius 2 is 1.94 bits per heavy atom. The molecule has 1 N–H and O–H groups in total. The molecule has 0 aliphatic carbocycles. The summed E-state index contributed by atoms with van der Waals surface area (Å²) in [6, 6.07) is 0.514. The number of hydrogen-bond acceptors (Lipinski definition) is 3. The van der Waals surface area contributed by atoms with Crippen LogP contribution in [0.5, 0.6) is 0 Å². The number of nitrogens with zero attached hydrogens (tertiary/aromatic N) is 2. The predicted molar refractivity (Wildman–Crippen MR) is 66.6 cm³/mol. The van der Waals surface area contributed by atoms with Gasteiger partial charge < -0.3 is 15.1 Å². The van der Waals surface area contributed by atoms with E-state index < -0.39 is 0 Å². The zero-order valence-corrected chi connectivity index (χ0v) is 11.0. The van der Waals surface area contributed by atoms with Crippen molar-refractivity contribution in [3.63, 3.8) is 0 Å². The van der Waals surface area contributed by atoms with Gasteiger partial charge in [-0.1, -0.05) is 6.42 Å². The standard InChI is InChI=1S/C12H23N3O2/c1-10(13-2)6-4-5-7-15-9-8-14(3)11(16)12(15)17/h10,13H,4-9H2,1-3H3. The van der Waals surface area contributed by atoms with Crippen molar-refractivity contribution in [1.82, 2.24) is 15.1 Å². The molecule has 1 aliphatic heterocycles. The van der Waals surface area contributed by atoms with Crippen LogP contribution < -0.4 is 5.32 Å². The molecular formula is C12H23N3O2. The van der Waals surface area contributed by atoms with E-state index in [0.29, 0.717) is 25.7 Å². The van der Waals surface area contributed by atoms with Gasteiger partial charge in [0.2, 0.25) is 0 Å². The van der Waals surface area contributed by atoms with Crippen LogP contribution in [0.15, 0.2) is 0 Å². The van der Waals surface area contributed by atoms with Gasteiger partial charge in [-0.15, -0.1) is 0 Å². The lowest BCUT2D eigenvalue weighted by molar-refractivity contribution is -0.154. The minimum Gasteiger partial charge on any atom is -0.336 e. The fourth-order valence-corrected chi connectivity index (χ4v) is 1.88. The van der Waals surface area contributed by atoms with Gasteiger partial charge in [-0.2, -0.15) is 0 Å². The number of carbonyl (C=O) groups is 2. The van der Waals surface area contributed by atoms with E-state index in [4.69, 9.17) is 0 Å². The van der Waals surface area contributed by atoms with Crippen molar-refractivity contribution in [2.45, 2.75) is 32.2 Å². The number of hydrogen-bond donors (Lipinski definition) is 1. The first kappa shape index (κ1) is 14.0. The number of amides is 2. The molecule has 1 aliphatic rings. The largest absolute Gasteiger partial charge is 0.336 e. The molecule has 0 spiro atoms. The van der Waals surface area contributed by atoms with Crippen LogP contribution in [-0.4, -0.2) is 61.4 Å². The summed E-state index contributed by atoms with van der Waals surface area (Å²) < 4.78 is 0. The molecule has 5 heteroatoms. The molecule has 1 rings (SSSR count). The summed E-state index contributed by atoms with van der Waals surface area (Å²) in [4.78, 5) is 26.3. The van der Waals surface area contributed by atoms with Crippen molar-refractivity contribution in [2.24, 2.45) is 0 Å². The zero-order valence-electron chi connectivity index (χ0n) is 11.0. The summed E-state index contributed by atoms with van der Waals surface area (Å²) in [5, 5.41) is 3.18. The summed E-state index contributed by atoms with van der Waals surface area (Å²) in [6.07, 6.45) is 3.15. The Balaban J connectivity index is 2.24. The van der Waals surface area contributed by atoms with E-state index in [9.17, 15) is 9.59 Å². The molecule has 1 fully saturated rings. The maximum Gasteiger partial charge on any atom is 0.312 e. The molecule has 98 valence electrons. The van der Waals surface area contributed by atoms with Gasteiger partial charge in [0.1, 0.15) is 0 Å². The highest BCUT2D eigenvalue weighted by atomic mass is 16.2. The lowest BCUT2D eigenvalue weighted by Gasteiger charge is -2.31. The molecule has 1 heterocycles. The topological polar surface area (TPSA) is 52.6 Å². The quantitative estimate of drug-likeness (QED) is 0.529. The second-order valence-electron chi connectivity index (χ2n) is 4.70. The van der Waals surface area contributed by atoms with E-state index in [1.54, 1.807) is 11.9 Å². The van der Waals surface area contributed by atoms with Crippen LogP contribution in [0.2, 0.25) is 0 Å². The molecule has 17 heavy (non-hydrogen) atoms. The van der Waals surface area contributed by atoms with Crippen molar-refractivity contribution in [1.29, 1.82) is 0 Å². The molecule has 0 saturated carbocycles. The average Bonchev–Trinajstić information content (AvgIpc) is 2.33. The molecule has 1 atom stereocenters. The second-order valence-corrected chi connectivity index (χ2v) is 4.70. The third-order valence-electron chi connectivity index (χ3n) is 3.33. The van der Waals surface area contributed by atoms with Crippen molar-refractivity contribution >= 4 is 11.8 Å². The molecule has 1 saturated heterocycles. The lowest BCUT2D eigenvalue weighted by atomic mass is 10.1. The van der Waals surface area contributed by atoms with E-state index >= 15 is 0 Å². The van der Waals surface area contributed by atoms with Crippen LogP contribution in [-0.2, 0) is 9.59 Å². The molecule has 5 nitrogen and oxygen atoms in total. The molecule has 0 aromatic heterocycles. The summed E-state index contributed by atoms with van der Waals surface area (Å²) in [6.45, 7) is 4.17. The third kappa shape index (κ3) is 4.00. The van der Waals surface area contributed by atoms with Gasteiger partial charge >= 0.3 is 11.8 Å². The fourth-order valence-electron chi connectivity index (χ4n) is 1.88. The molecule has 0 aromatic rings. The SMILES string of the molecule is CNC(C)CCCCN1CCN(C)C(=O)C1=O. The Hall–Kier alpha value is -1.10. The summed E-state index contributed by atoms with van der Waals surface area (Å²) in [7, 11) is 3.62. The highest BCUT2D eigenvalue weighted by Crippen LogP contribution is 2.06. The zero-order chi connectivity index (χ0) is 12.8. The van der Waals surface area contributed by atoms with Crippen LogP contribution >= 0.6 is 0 Å². The molecule has 1 unspecified atom stereocenters. The Kier molecular flexibility index (Phi) is 5.41. The Morgan fingerprint density at radius 1 is 1.24 bits per heavy atom. The second kappa shape index (κ2) is 6.59. The van der Waals surface area contributed by atoms with Gasteiger partial charge in [-0.05, 0) is 26.8 Å². The van der Waals surface area contributed by atoms with E-state index in [1.165, 1.54) is 4.90 Å². The van der Waals surface area contributed by atoms with Gasteiger partial charge in [0.05, 0.1) is 0 Å². The number of likely N-dealkylation sites (N-methyl/N-ethyl adjacent to an activating group) is 1. The van der Waals surface area contributed by atoms with Crippen LogP contribution in [0.4, 0.5) is 0 Å². The van der Waals surface area contributed by atoms with Crippen molar-refractivity contribution in [2.75, 3.05) is 33.7 Å². The molecular weight excluding hydrogens is 218 g/mol. The van der Waals surface area contributed by atoms with Crippen molar-refractivity contribution < 1.29 is 9.59 Å². The van der Waals surface area contributed by atoms with Gasteiger partial charge in [-0.3, -0.25) is 9.59 Å². The molecule has 0 radical (unpaired) electrons. The lowest BCUT2D eigenvalue weighted by Crippen LogP contribution is -2.52. The molecule has 0 aromatic carbocycles. The normalized spacial score (nSPS) is 18.8. The van der Waals surface area contributed by atoms with E-state index in [2.05, 4.69) is 12.2 Å². The number of piperazine rings is 1. The Labute approximate surface area is 103 Å². The fraction of sp³-hybridized carbons (Fsp3) is 0.833. The van der Waals surface area contributed by atoms with E-state index in [0.717, 1.165) is 19.3 Å². The number of rotatable bonds is 6. The van der Waals surface area contributed by atoms with Gasteiger partial charge in [0.15, 0.2) is 0 Å². The van der Waals surface area contributed by atoms with Crippen LogP contribution in [0.1, 0.15) is 26.2 Å². The highest BCUT2D eigenvalue weighted by molar-refractivity contribution is 6.35.